The molecule has 3 aromatic rings. The Bertz CT molecular complexity index is 1470. The quantitative estimate of drug-likeness (QED) is 0.126. The number of carboxylic acids is 2. The fourth-order valence-corrected chi connectivity index (χ4v) is 6.92. The van der Waals surface area contributed by atoms with E-state index in [2.05, 4.69) is 16.0 Å². The molecule has 8 N–H and O–H groups in total. The van der Waals surface area contributed by atoms with Crippen LogP contribution in [-0.2, 0) is 13.0 Å². The number of carbonyl (C=O) groups is 3. The molecular formula is C32H40N4O8S. The molecule has 1 aliphatic rings. The molecule has 0 spiro atoms. The van der Waals surface area contributed by atoms with Crippen LogP contribution in [-0.4, -0.2) is 79.8 Å². The van der Waals surface area contributed by atoms with Gasteiger partial charge in [-0.3, -0.25) is 18.2 Å². The molecule has 242 valence electrons. The third-order valence-corrected chi connectivity index (χ3v) is 9.42. The summed E-state index contributed by atoms with van der Waals surface area (Å²) < 4.78 is 23.0. The fourth-order valence-electron chi connectivity index (χ4n) is 5.25. The zero-order valence-electron chi connectivity index (χ0n) is 25.0. The Balaban J connectivity index is 1.53. The van der Waals surface area contributed by atoms with Crippen LogP contribution in [0.2, 0.25) is 0 Å². The summed E-state index contributed by atoms with van der Waals surface area (Å²) >= 11 is 0. The second kappa shape index (κ2) is 15.2. The Morgan fingerprint density at radius 1 is 0.889 bits per heavy atom. The standard InChI is InChI=1S/C32H40N4O8S/c1-2-34-26-16-23(17-27(18-26)36-10-6-7-11-45(36,43)44)30(38)35-28(14-21-8-4-3-5-9-21)29(37)20-33-19-22-12-24(31(39)40)15-25(13-22)32(41)42/h3-5,8-9,12-13,15-18,28-29,33-34,37,43-44H,2,6-7,10-11,14,19-20H2,1H3,(H,35,38)(H,39,40)(H,41,42)/t28-,29+/m0/s1. The smallest absolute Gasteiger partial charge is 0.335 e. The molecule has 2 atom stereocenters. The Morgan fingerprint density at radius 3 is 2.20 bits per heavy atom. The van der Waals surface area contributed by atoms with Gasteiger partial charge in [-0.1, -0.05) is 30.3 Å². The first-order valence-electron chi connectivity index (χ1n) is 14.7. The van der Waals surface area contributed by atoms with Gasteiger partial charge in [0.15, 0.2) is 0 Å². The second-order valence-electron chi connectivity index (χ2n) is 10.9. The molecule has 12 nitrogen and oxygen atoms in total. The van der Waals surface area contributed by atoms with Crippen LogP contribution in [0, 0.1) is 0 Å². The van der Waals surface area contributed by atoms with Crippen LogP contribution in [0.1, 0.15) is 62.0 Å². The van der Waals surface area contributed by atoms with Crippen molar-refractivity contribution in [3.05, 3.63) is 94.5 Å². The number of amides is 1. The Kier molecular flexibility index (Phi) is 11.4. The van der Waals surface area contributed by atoms with E-state index in [0.29, 0.717) is 42.9 Å². The van der Waals surface area contributed by atoms with Crippen molar-refractivity contribution in [1.82, 2.24) is 10.6 Å². The number of nitrogens with zero attached hydrogens (tertiary/aromatic N) is 1. The Hall–Kier alpha value is -4.14. The van der Waals surface area contributed by atoms with Gasteiger partial charge >= 0.3 is 11.9 Å². The molecule has 1 heterocycles. The first kappa shape index (κ1) is 33.7. The van der Waals surface area contributed by atoms with Crippen molar-refractivity contribution in [2.75, 3.05) is 35.0 Å². The molecule has 0 bridgehead atoms. The molecule has 0 aromatic heterocycles. The molecule has 3 aromatic carbocycles. The summed E-state index contributed by atoms with van der Waals surface area (Å²) in [5, 5.41) is 39.2. The molecule has 0 aliphatic carbocycles. The van der Waals surface area contributed by atoms with Crippen LogP contribution < -0.4 is 20.3 Å². The SMILES string of the molecule is CCNc1cc(C(=O)N[C@@H](Cc2ccccc2)[C@H](O)CNCc2cc(C(=O)O)cc(C(=O)O)c2)cc(N2CCCCS2(O)O)c1. The van der Waals surface area contributed by atoms with Gasteiger partial charge in [-0.2, -0.15) is 0 Å². The summed E-state index contributed by atoms with van der Waals surface area (Å²) in [5.41, 5.74) is 2.43. The van der Waals surface area contributed by atoms with E-state index in [9.17, 15) is 38.8 Å². The van der Waals surface area contributed by atoms with Gasteiger partial charge in [0, 0.05) is 37.4 Å². The number of aliphatic hydroxyl groups is 1. The van der Waals surface area contributed by atoms with Crippen LogP contribution in [0.15, 0.2) is 66.7 Å². The van der Waals surface area contributed by atoms with E-state index in [-0.39, 0.29) is 35.5 Å². The average Bonchev–Trinajstić information content (AvgIpc) is 3.00. The fraction of sp³-hybridized carbons (Fsp3) is 0.344. The molecule has 0 saturated carbocycles. The monoisotopic (exact) mass is 640 g/mol. The molecule has 1 fully saturated rings. The molecule has 0 unspecified atom stereocenters. The van der Waals surface area contributed by atoms with Crippen molar-refractivity contribution in [1.29, 1.82) is 0 Å². The molecule has 4 rings (SSSR count). The number of hydrogen-bond acceptors (Lipinski definition) is 9. The zero-order chi connectivity index (χ0) is 32.6. The maximum absolute atomic E-state index is 13.7. The molecule has 1 saturated heterocycles. The Labute approximate surface area is 263 Å². The summed E-state index contributed by atoms with van der Waals surface area (Å²) in [7, 11) is -3.02. The summed E-state index contributed by atoms with van der Waals surface area (Å²) in [5.74, 6) is -2.70. The second-order valence-corrected chi connectivity index (χ2v) is 13.1. The first-order chi connectivity index (χ1) is 21.5. The largest absolute Gasteiger partial charge is 0.478 e. The number of benzene rings is 3. The number of aromatic carboxylic acids is 2. The van der Waals surface area contributed by atoms with Crippen LogP contribution in [0.25, 0.3) is 0 Å². The number of rotatable bonds is 14. The molecule has 0 radical (unpaired) electrons. The zero-order valence-corrected chi connectivity index (χ0v) is 25.8. The summed E-state index contributed by atoms with van der Waals surface area (Å²) in [6.07, 6.45) is 0.720. The van der Waals surface area contributed by atoms with Gasteiger partial charge in [-0.15, -0.1) is 10.8 Å². The van der Waals surface area contributed by atoms with Crippen molar-refractivity contribution < 1.29 is 38.8 Å². The summed E-state index contributed by atoms with van der Waals surface area (Å²) in [6, 6.07) is 17.5. The number of hydrogen-bond donors (Lipinski definition) is 8. The average molecular weight is 641 g/mol. The number of nitrogens with one attached hydrogen (secondary N) is 3. The minimum absolute atomic E-state index is 0.00878. The minimum Gasteiger partial charge on any atom is -0.478 e. The summed E-state index contributed by atoms with van der Waals surface area (Å²) in [4.78, 5) is 36.6. The molecule has 13 heteroatoms. The Morgan fingerprint density at radius 2 is 1.58 bits per heavy atom. The van der Waals surface area contributed by atoms with E-state index in [1.807, 2.05) is 37.3 Å². The first-order valence-corrected chi connectivity index (χ1v) is 16.4. The number of carbonyl (C=O) groups excluding carboxylic acids is 1. The highest BCUT2D eigenvalue weighted by Crippen LogP contribution is 2.50. The topological polar surface area (TPSA) is 192 Å². The molecular weight excluding hydrogens is 600 g/mol. The lowest BCUT2D eigenvalue weighted by molar-refractivity contribution is 0.0696. The highest BCUT2D eigenvalue weighted by Gasteiger charge is 2.29. The molecule has 45 heavy (non-hydrogen) atoms. The lowest BCUT2D eigenvalue weighted by Gasteiger charge is -2.47. The molecule has 1 amide bonds. The van der Waals surface area contributed by atoms with Crippen molar-refractivity contribution in [2.45, 2.75) is 44.9 Å². The third-order valence-electron chi connectivity index (χ3n) is 7.48. The van der Waals surface area contributed by atoms with Crippen molar-refractivity contribution in [2.24, 2.45) is 0 Å². The normalized spacial score (nSPS) is 16.3. The maximum atomic E-state index is 13.7. The highest BCUT2D eigenvalue weighted by atomic mass is 32.3. The van der Waals surface area contributed by atoms with E-state index in [1.54, 1.807) is 22.5 Å². The van der Waals surface area contributed by atoms with Crippen molar-refractivity contribution >= 4 is 40.0 Å². The highest BCUT2D eigenvalue weighted by molar-refractivity contribution is 8.25. The minimum atomic E-state index is -3.02. The van der Waals surface area contributed by atoms with E-state index >= 15 is 0 Å². The van der Waals surface area contributed by atoms with Crippen LogP contribution in [0.4, 0.5) is 11.4 Å². The lowest BCUT2D eigenvalue weighted by Crippen LogP contribution is -2.48. The molecule has 1 aliphatic heterocycles. The van der Waals surface area contributed by atoms with Gasteiger partial charge in [-0.25, -0.2) is 9.59 Å². The van der Waals surface area contributed by atoms with Crippen LogP contribution in [0.5, 0.6) is 0 Å². The number of carboxylic acid groups (broad SMARTS) is 2. The van der Waals surface area contributed by atoms with E-state index in [1.165, 1.54) is 12.1 Å². The number of aliphatic hydroxyl groups excluding tert-OH is 1. The maximum Gasteiger partial charge on any atom is 0.335 e. The van der Waals surface area contributed by atoms with Gasteiger partial charge < -0.3 is 31.3 Å². The van der Waals surface area contributed by atoms with Gasteiger partial charge in [0.2, 0.25) is 0 Å². The van der Waals surface area contributed by atoms with Crippen LogP contribution in [0.3, 0.4) is 0 Å². The van der Waals surface area contributed by atoms with Crippen molar-refractivity contribution in [3.63, 3.8) is 0 Å². The predicted molar refractivity (Wildman–Crippen MR) is 174 cm³/mol. The van der Waals surface area contributed by atoms with E-state index in [0.717, 1.165) is 18.1 Å². The van der Waals surface area contributed by atoms with Gasteiger partial charge in [-0.05, 0) is 73.7 Å². The van der Waals surface area contributed by atoms with Crippen molar-refractivity contribution in [3.8, 4) is 0 Å². The van der Waals surface area contributed by atoms with Crippen LogP contribution >= 0.6 is 10.8 Å². The van der Waals surface area contributed by atoms with Gasteiger partial charge in [0.25, 0.3) is 5.91 Å². The van der Waals surface area contributed by atoms with Gasteiger partial charge in [0.05, 0.1) is 34.7 Å². The van der Waals surface area contributed by atoms with E-state index < -0.39 is 40.8 Å². The third kappa shape index (κ3) is 9.19. The lowest BCUT2D eigenvalue weighted by atomic mass is 10.00. The predicted octanol–water partition coefficient (Wildman–Crippen LogP) is 4.27. The van der Waals surface area contributed by atoms with Gasteiger partial charge in [0.1, 0.15) is 0 Å². The van der Waals surface area contributed by atoms with E-state index in [4.69, 9.17) is 0 Å². The summed E-state index contributed by atoms with van der Waals surface area (Å²) in [6.45, 7) is 3.05. The number of anilines is 2.